The van der Waals surface area contributed by atoms with Gasteiger partial charge in [0.05, 0.1) is 6.04 Å². The van der Waals surface area contributed by atoms with Gasteiger partial charge in [0, 0.05) is 13.1 Å². The zero-order valence-electron chi connectivity index (χ0n) is 11.1. The highest BCUT2D eigenvalue weighted by Crippen LogP contribution is 2.28. The summed E-state index contributed by atoms with van der Waals surface area (Å²) in [5, 5.41) is 3.39. The second-order valence-electron chi connectivity index (χ2n) is 5.65. The van der Waals surface area contributed by atoms with Crippen molar-refractivity contribution in [3.63, 3.8) is 0 Å². The molecule has 0 aromatic heterocycles. The van der Waals surface area contributed by atoms with E-state index in [0.29, 0.717) is 5.91 Å². The first-order chi connectivity index (χ1) is 8.27. The van der Waals surface area contributed by atoms with Crippen molar-refractivity contribution >= 4 is 5.91 Å². The zero-order chi connectivity index (χ0) is 12.1. The molecule has 0 spiro atoms. The Morgan fingerprint density at radius 3 is 2.53 bits per heavy atom. The van der Waals surface area contributed by atoms with Gasteiger partial charge in [-0.15, -0.1) is 0 Å². The Kier molecular flexibility index (Phi) is 4.84. The third-order valence-electron chi connectivity index (χ3n) is 4.27. The highest BCUT2D eigenvalue weighted by Gasteiger charge is 2.22. The molecule has 0 aromatic rings. The van der Waals surface area contributed by atoms with E-state index < -0.39 is 0 Å². The predicted molar refractivity (Wildman–Crippen MR) is 69.9 cm³/mol. The molecular weight excluding hydrogens is 212 g/mol. The summed E-state index contributed by atoms with van der Waals surface area (Å²) in [5.74, 6) is 1.23. The van der Waals surface area contributed by atoms with E-state index in [0.717, 1.165) is 25.6 Å². The molecule has 2 aliphatic rings. The molecule has 17 heavy (non-hydrogen) atoms. The highest BCUT2D eigenvalue weighted by molar-refractivity contribution is 5.81. The molecule has 1 atom stereocenters. The number of amides is 1. The number of carbonyl (C=O) groups is 1. The molecule has 0 radical (unpaired) electrons. The molecule has 1 saturated heterocycles. The van der Waals surface area contributed by atoms with Gasteiger partial charge in [-0.25, -0.2) is 0 Å². The zero-order valence-corrected chi connectivity index (χ0v) is 11.1. The first-order valence-corrected chi connectivity index (χ1v) is 7.29. The maximum atomic E-state index is 12.1. The van der Waals surface area contributed by atoms with Crippen molar-refractivity contribution in [1.82, 2.24) is 10.2 Å². The minimum Gasteiger partial charge on any atom is -0.341 e. The van der Waals surface area contributed by atoms with Crippen LogP contribution in [-0.2, 0) is 4.79 Å². The fourth-order valence-electron chi connectivity index (χ4n) is 2.76. The van der Waals surface area contributed by atoms with Gasteiger partial charge >= 0.3 is 0 Å². The van der Waals surface area contributed by atoms with Gasteiger partial charge in [-0.3, -0.25) is 4.79 Å². The van der Waals surface area contributed by atoms with Crippen LogP contribution < -0.4 is 5.32 Å². The SMILES string of the molecule is CC(NCCC1CCC1)C(=O)N1CCCCC1. The molecule has 2 rings (SSSR count). The predicted octanol–water partition coefficient (Wildman–Crippen LogP) is 2.17. The quantitative estimate of drug-likeness (QED) is 0.796. The second kappa shape index (κ2) is 6.39. The van der Waals surface area contributed by atoms with Crippen LogP contribution in [0.25, 0.3) is 0 Å². The van der Waals surface area contributed by atoms with Crippen molar-refractivity contribution in [3.8, 4) is 0 Å². The molecule has 1 aliphatic heterocycles. The number of carbonyl (C=O) groups excluding carboxylic acids is 1. The van der Waals surface area contributed by atoms with E-state index >= 15 is 0 Å². The maximum Gasteiger partial charge on any atom is 0.239 e. The monoisotopic (exact) mass is 238 g/mol. The summed E-state index contributed by atoms with van der Waals surface area (Å²) in [6, 6.07) is 0.00757. The number of hydrogen-bond acceptors (Lipinski definition) is 2. The average molecular weight is 238 g/mol. The standard InChI is InChI=1S/C14H26N2O/c1-12(15-9-8-13-6-5-7-13)14(17)16-10-3-2-4-11-16/h12-13,15H,2-11H2,1H3. The Morgan fingerprint density at radius 1 is 1.24 bits per heavy atom. The summed E-state index contributed by atoms with van der Waals surface area (Å²) in [4.78, 5) is 14.2. The molecule has 1 aliphatic carbocycles. The number of rotatable bonds is 5. The van der Waals surface area contributed by atoms with E-state index in [2.05, 4.69) is 5.32 Å². The minimum atomic E-state index is 0.00757. The molecule has 1 saturated carbocycles. The molecule has 1 amide bonds. The van der Waals surface area contributed by atoms with Gasteiger partial charge in [-0.1, -0.05) is 19.3 Å². The van der Waals surface area contributed by atoms with Crippen LogP contribution in [0.3, 0.4) is 0 Å². The van der Waals surface area contributed by atoms with Crippen LogP contribution in [0, 0.1) is 5.92 Å². The molecular formula is C14H26N2O. The first-order valence-electron chi connectivity index (χ1n) is 7.29. The molecule has 1 N–H and O–H groups in total. The van der Waals surface area contributed by atoms with Crippen LogP contribution in [-0.4, -0.2) is 36.5 Å². The Morgan fingerprint density at radius 2 is 1.94 bits per heavy atom. The van der Waals surface area contributed by atoms with E-state index in [9.17, 15) is 4.79 Å². The van der Waals surface area contributed by atoms with Gasteiger partial charge in [0.15, 0.2) is 0 Å². The molecule has 2 fully saturated rings. The van der Waals surface area contributed by atoms with Crippen molar-refractivity contribution < 1.29 is 4.79 Å². The average Bonchev–Trinajstić information content (AvgIpc) is 2.32. The summed E-state index contributed by atoms with van der Waals surface area (Å²) in [5.41, 5.74) is 0. The van der Waals surface area contributed by atoms with Crippen LogP contribution >= 0.6 is 0 Å². The Bertz CT molecular complexity index is 245. The Labute approximate surface area is 105 Å². The smallest absolute Gasteiger partial charge is 0.239 e. The summed E-state index contributed by atoms with van der Waals surface area (Å²) in [7, 11) is 0. The first kappa shape index (κ1) is 12.9. The van der Waals surface area contributed by atoms with Gasteiger partial charge in [0.25, 0.3) is 0 Å². The third-order valence-corrected chi connectivity index (χ3v) is 4.27. The number of hydrogen-bond donors (Lipinski definition) is 1. The second-order valence-corrected chi connectivity index (χ2v) is 5.65. The molecule has 3 nitrogen and oxygen atoms in total. The van der Waals surface area contributed by atoms with Crippen LogP contribution in [0.5, 0.6) is 0 Å². The van der Waals surface area contributed by atoms with Crippen molar-refractivity contribution in [3.05, 3.63) is 0 Å². The Hall–Kier alpha value is -0.570. The van der Waals surface area contributed by atoms with E-state index in [4.69, 9.17) is 0 Å². The molecule has 0 bridgehead atoms. The van der Waals surface area contributed by atoms with Crippen molar-refractivity contribution in [2.45, 2.75) is 57.9 Å². The fourth-order valence-corrected chi connectivity index (χ4v) is 2.76. The number of nitrogens with one attached hydrogen (secondary N) is 1. The number of piperidine rings is 1. The van der Waals surface area contributed by atoms with E-state index in [1.165, 1.54) is 44.9 Å². The maximum absolute atomic E-state index is 12.1. The van der Waals surface area contributed by atoms with Gasteiger partial charge in [0.1, 0.15) is 0 Å². The Balaban J connectivity index is 1.63. The van der Waals surface area contributed by atoms with Crippen molar-refractivity contribution in [2.24, 2.45) is 5.92 Å². The van der Waals surface area contributed by atoms with E-state index in [1.807, 2.05) is 11.8 Å². The molecule has 3 heteroatoms. The number of likely N-dealkylation sites (tertiary alicyclic amines) is 1. The van der Waals surface area contributed by atoms with Crippen molar-refractivity contribution in [2.75, 3.05) is 19.6 Å². The van der Waals surface area contributed by atoms with Crippen LogP contribution in [0.4, 0.5) is 0 Å². The molecule has 0 aromatic carbocycles. The summed E-state index contributed by atoms with van der Waals surface area (Å²) >= 11 is 0. The van der Waals surface area contributed by atoms with Gasteiger partial charge in [0.2, 0.25) is 5.91 Å². The van der Waals surface area contributed by atoms with Gasteiger partial charge in [-0.05, 0) is 45.1 Å². The van der Waals surface area contributed by atoms with Crippen LogP contribution in [0.1, 0.15) is 51.9 Å². The lowest BCUT2D eigenvalue weighted by Crippen LogP contribution is -2.47. The molecule has 1 heterocycles. The number of nitrogens with zero attached hydrogens (tertiary/aromatic N) is 1. The summed E-state index contributed by atoms with van der Waals surface area (Å²) in [6.45, 7) is 4.95. The highest BCUT2D eigenvalue weighted by atomic mass is 16.2. The van der Waals surface area contributed by atoms with Gasteiger partial charge in [-0.2, -0.15) is 0 Å². The topological polar surface area (TPSA) is 32.3 Å². The largest absolute Gasteiger partial charge is 0.341 e. The van der Waals surface area contributed by atoms with Crippen LogP contribution in [0.15, 0.2) is 0 Å². The lowest BCUT2D eigenvalue weighted by Gasteiger charge is -2.30. The molecule has 98 valence electrons. The van der Waals surface area contributed by atoms with E-state index in [1.54, 1.807) is 0 Å². The lowest BCUT2D eigenvalue weighted by atomic mass is 9.83. The minimum absolute atomic E-state index is 0.00757. The van der Waals surface area contributed by atoms with E-state index in [-0.39, 0.29) is 6.04 Å². The van der Waals surface area contributed by atoms with Gasteiger partial charge < -0.3 is 10.2 Å². The van der Waals surface area contributed by atoms with Crippen LogP contribution in [0.2, 0.25) is 0 Å². The summed E-state index contributed by atoms with van der Waals surface area (Å²) in [6.07, 6.45) is 9.10. The lowest BCUT2D eigenvalue weighted by molar-refractivity contribution is -0.133. The molecule has 1 unspecified atom stereocenters. The third kappa shape index (κ3) is 3.70. The fraction of sp³-hybridized carbons (Fsp3) is 0.929. The summed E-state index contributed by atoms with van der Waals surface area (Å²) < 4.78 is 0. The van der Waals surface area contributed by atoms with Crippen molar-refractivity contribution in [1.29, 1.82) is 0 Å². The normalized spacial score (nSPS) is 23.2.